The van der Waals surface area contributed by atoms with Crippen LogP contribution in [-0.4, -0.2) is 50.5 Å². The molecule has 2 amide bonds. The molecule has 1 saturated heterocycles. The van der Waals surface area contributed by atoms with E-state index in [9.17, 15) is 19.5 Å². The molecular formula is C26H24ClN7O5S2. The summed E-state index contributed by atoms with van der Waals surface area (Å²) in [7, 11) is 0. The smallest absolute Gasteiger partial charge is 0.276 e. The normalized spacial score (nSPS) is 18.5. The number of nitrogen functional groups attached to an aromatic ring is 1. The molecule has 2 atom stereocenters. The summed E-state index contributed by atoms with van der Waals surface area (Å²) in [6.45, 7) is 0.713. The van der Waals surface area contributed by atoms with Crippen molar-refractivity contribution in [2.45, 2.75) is 31.1 Å². The molecule has 2 aromatic heterocycles. The first-order valence-electron chi connectivity index (χ1n) is 12.3. The Kier molecular flexibility index (Phi) is 8.54. The van der Waals surface area contributed by atoms with E-state index in [0.717, 1.165) is 27.4 Å². The number of hydrogen-bond acceptors (Lipinski definition) is 11. The summed E-state index contributed by atoms with van der Waals surface area (Å²) in [5.41, 5.74) is 13.2. The summed E-state index contributed by atoms with van der Waals surface area (Å²) in [6, 6.07) is 11.8. The second-order valence-corrected chi connectivity index (χ2v) is 11.8. The molecule has 0 saturated carbocycles. The fourth-order valence-electron chi connectivity index (χ4n) is 4.36. The van der Waals surface area contributed by atoms with Crippen LogP contribution >= 0.6 is 34.7 Å². The third kappa shape index (κ3) is 6.05. The summed E-state index contributed by atoms with van der Waals surface area (Å²) in [5.74, 6) is -2.50. The minimum absolute atomic E-state index is 0.00238. The third-order valence-electron chi connectivity index (χ3n) is 6.37. The highest BCUT2D eigenvalue weighted by Gasteiger charge is 2.53. The SMILES string of the molecule is NCc1ccc(CO/N=C(\C(=O)N[C@@H]2C(=O)N3C(C(=O)[O-])=C(C[n+]4ccccc4)CS[C@H]23)c2nc(N)sc2Cl)cc1. The molecule has 2 aliphatic rings. The fourth-order valence-corrected chi connectivity index (χ4v) is 6.62. The van der Waals surface area contributed by atoms with E-state index in [1.807, 2.05) is 42.5 Å². The lowest BCUT2D eigenvalue weighted by atomic mass is 10.0. The number of nitrogens with zero attached hydrogens (tertiary/aromatic N) is 4. The Bertz CT molecular complexity index is 1550. The number of carboxylic acid groups (broad SMARTS) is 1. The highest BCUT2D eigenvalue weighted by atomic mass is 35.5. The summed E-state index contributed by atoms with van der Waals surface area (Å²) < 4.78 is 1.92. The van der Waals surface area contributed by atoms with Gasteiger partial charge in [0.25, 0.3) is 11.8 Å². The van der Waals surface area contributed by atoms with E-state index in [1.54, 1.807) is 17.0 Å². The number of benzene rings is 1. The molecule has 0 aliphatic carbocycles. The minimum atomic E-state index is -1.46. The van der Waals surface area contributed by atoms with Gasteiger partial charge in [-0.25, -0.2) is 9.55 Å². The Morgan fingerprint density at radius 1 is 1.22 bits per heavy atom. The van der Waals surface area contributed by atoms with Gasteiger partial charge in [-0.1, -0.05) is 58.4 Å². The molecule has 1 aromatic carbocycles. The van der Waals surface area contributed by atoms with E-state index in [2.05, 4.69) is 15.5 Å². The summed E-state index contributed by atoms with van der Waals surface area (Å²) in [4.78, 5) is 49.3. The van der Waals surface area contributed by atoms with Crippen molar-refractivity contribution in [2.24, 2.45) is 10.9 Å². The van der Waals surface area contributed by atoms with Crippen molar-refractivity contribution >= 4 is 63.3 Å². The quantitative estimate of drug-likeness (QED) is 0.124. The van der Waals surface area contributed by atoms with Crippen LogP contribution in [0.4, 0.5) is 5.13 Å². The monoisotopic (exact) mass is 613 g/mol. The zero-order chi connectivity index (χ0) is 29.1. The number of amides is 2. The molecule has 2 aliphatic heterocycles. The number of pyridine rings is 1. The molecule has 15 heteroatoms. The van der Waals surface area contributed by atoms with Crippen LogP contribution in [0.15, 0.2) is 71.3 Å². The molecule has 12 nitrogen and oxygen atoms in total. The first-order valence-corrected chi connectivity index (χ1v) is 14.5. The van der Waals surface area contributed by atoms with Crippen LogP contribution in [0.5, 0.6) is 0 Å². The van der Waals surface area contributed by atoms with Gasteiger partial charge >= 0.3 is 0 Å². The highest BCUT2D eigenvalue weighted by molar-refractivity contribution is 8.00. The van der Waals surface area contributed by atoms with E-state index in [4.69, 9.17) is 27.9 Å². The number of aromatic nitrogens is 2. The molecule has 0 unspecified atom stereocenters. The Labute approximate surface area is 247 Å². The topological polar surface area (TPSA) is 180 Å². The molecule has 0 bridgehead atoms. The lowest BCUT2D eigenvalue weighted by Gasteiger charge is -2.50. The first kappa shape index (κ1) is 28.5. The summed E-state index contributed by atoms with van der Waals surface area (Å²) in [6.07, 6.45) is 3.60. The number of carbonyl (C=O) groups is 3. The maximum absolute atomic E-state index is 13.4. The molecular weight excluding hydrogens is 590 g/mol. The Hall–Kier alpha value is -3.98. The van der Waals surface area contributed by atoms with Crippen molar-refractivity contribution in [2.75, 3.05) is 11.5 Å². The van der Waals surface area contributed by atoms with Gasteiger partial charge in [-0.05, 0) is 11.1 Å². The van der Waals surface area contributed by atoms with Gasteiger partial charge in [0, 0.05) is 30.0 Å². The number of nitrogens with one attached hydrogen (secondary N) is 1. The standard InChI is InChI=1S/C26H24ClN7O5S2/c27-21-17(31-26(29)41-21)18(32-39-12-15-6-4-14(10-28)5-7-15)22(35)30-19-23(36)34-20(25(37)38)16(13-40-24(19)34)11-33-8-2-1-3-9-33/h1-9,19,24H,10-13,28H2,(H3-,29,30,31,35,37,38)/b32-18-/t19-,24-/m1/s1. The maximum Gasteiger partial charge on any atom is 0.276 e. The predicted octanol–water partition coefficient (Wildman–Crippen LogP) is 0.150. The molecule has 41 heavy (non-hydrogen) atoms. The Balaban J connectivity index is 1.33. The van der Waals surface area contributed by atoms with Crippen LogP contribution in [0, 0.1) is 0 Å². The molecule has 3 aromatic rings. The lowest BCUT2D eigenvalue weighted by Crippen LogP contribution is -2.71. The first-order chi connectivity index (χ1) is 19.8. The average Bonchev–Trinajstić information content (AvgIpc) is 3.31. The van der Waals surface area contributed by atoms with Crippen molar-refractivity contribution in [3.8, 4) is 0 Å². The maximum atomic E-state index is 13.4. The number of fused-ring (bicyclic) bond motifs is 1. The summed E-state index contributed by atoms with van der Waals surface area (Å²) >= 11 is 8.55. The lowest BCUT2D eigenvalue weighted by molar-refractivity contribution is -0.689. The number of nitrogens with two attached hydrogens (primary N) is 2. The molecule has 212 valence electrons. The van der Waals surface area contributed by atoms with Crippen molar-refractivity contribution < 1.29 is 28.9 Å². The van der Waals surface area contributed by atoms with Crippen LogP contribution in [0.3, 0.4) is 0 Å². The van der Waals surface area contributed by atoms with E-state index in [1.165, 1.54) is 11.8 Å². The van der Waals surface area contributed by atoms with Gasteiger partial charge in [0.1, 0.15) is 28.1 Å². The van der Waals surface area contributed by atoms with E-state index < -0.39 is 29.2 Å². The number of halogens is 1. The number of carbonyl (C=O) groups excluding carboxylic acids is 3. The van der Waals surface area contributed by atoms with Crippen LogP contribution in [0.1, 0.15) is 16.8 Å². The molecule has 5 rings (SSSR count). The van der Waals surface area contributed by atoms with Gasteiger partial charge in [0.05, 0.1) is 11.7 Å². The van der Waals surface area contributed by atoms with Crippen LogP contribution in [0.25, 0.3) is 0 Å². The average molecular weight is 614 g/mol. The second-order valence-electron chi connectivity index (χ2n) is 9.06. The number of aliphatic carboxylic acids is 1. The van der Waals surface area contributed by atoms with Crippen molar-refractivity contribution in [1.29, 1.82) is 0 Å². The molecule has 4 heterocycles. The number of thiazole rings is 1. The molecule has 5 N–H and O–H groups in total. The van der Waals surface area contributed by atoms with Gasteiger partial charge < -0.3 is 31.5 Å². The largest absolute Gasteiger partial charge is 0.543 e. The van der Waals surface area contributed by atoms with Gasteiger partial charge in [-0.3, -0.25) is 14.5 Å². The number of thioether (sulfide) groups is 1. The van der Waals surface area contributed by atoms with Crippen molar-refractivity contribution in [3.63, 3.8) is 0 Å². The van der Waals surface area contributed by atoms with E-state index in [0.29, 0.717) is 17.9 Å². The number of oxime groups is 1. The predicted molar refractivity (Wildman–Crippen MR) is 151 cm³/mol. The van der Waals surface area contributed by atoms with E-state index >= 15 is 0 Å². The number of carboxylic acids is 1. The van der Waals surface area contributed by atoms with Crippen LogP contribution in [0.2, 0.25) is 4.34 Å². The summed E-state index contributed by atoms with van der Waals surface area (Å²) in [5, 5.41) is 18.2. The van der Waals surface area contributed by atoms with Gasteiger partial charge in [-0.15, -0.1) is 11.8 Å². The third-order valence-corrected chi connectivity index (χ3v) is 8.79. The number of hydrogen-bond donors (Lipinski definition) is 3. The highest BCUT2D eigenvalue weighted by Crippen LogP contribution is 2.40. The van der Waals surface area contributed by atoms with Crippen molar-refractivity contribution in [3.05, 3.63) is 87.3 Å². The minimum Gasteiger partial charge on any atom is -0.543 e. The zero-order valence-electron chi connectivity index (χ0n) is 21.4. The molecule has 0 spiro atoms. The Morgan fingerprint density at radius 2 is 1.93 bits per heavy atom. The molecule has 1 fully saturated rings. The number of β-lactam (4-membered cyclic amide) rings is 1. The Morgan fingerprint density at radius 3 is 2.56 bits per heavy atom. The molecule has 0 radical (unpaired) electrons. The van der Waals surface area contributed by atoms with Gasteiger partial charge in [-0.2, -0.15) is 0 Å². The van der Waals surface area contributed by atoms with Crippen molar-refractivity contribution in [1.82, 2.24) is 15.2 Å². The van der Waals surface area contributed by atoms with Crippen LogP contribution < -0.4 is 26.5 Å². The number of rotatable bonds is 10. The van der Waals surface area contributed by atoms with Crippen LogP contribution in [-0.2, 0) is 38.9 Å². The van der Waals surface area contributed by atoms with Gasteiger partial charge in [0.15, 0.2) is 29.8 Å². The fraction of sp³-hybridized carbons (Fsp3) is 0.231. The van der Waals surface area contributed by atoms with E-state index in [-0.39, 0.29) is 39.7 Å². The second kappa shape index (κ2) is 12.3. The zero-order valence-corrected chi connectivity index (χ0v) is 23.7. The number of anilines is 1. The van der Waals surface area contributed by atoms with Gasteiger partial charge in [0.2, 0.25) is 0 Å².